The second-order valence-electron chi connectivity index (χ2n) is 3.33. The van der Waals surface area contributed by atoms with Gasteiger partial charge in [0.25, 0.3) is 0 Å². The average Bonchev–Trinajstić information content (AvgIpc) is 2.68. The molecule has 2 aromatic rings. The van der Waals surface area contributed by atoms with Crippen LogP contribution in [0.15, 0.2) is 42.7 Å². The predicted molar refractivity (Wildman–Crippen MR) is 54.9 cm³/mol. The molecule has 1 aromatic carbocycles. The minimum Gasteiger partial charge on any atom is -0.364 e. The van der Waals surface area contributed by atoms with Crippen LogP contribution in [0.1, 0.15) is 17.4 Å². The number of hydrogen-bond donors (Lipinski definition) is 2. The van der Waals surface area contributed by atoms with Crippen molar-refractivity contribution in [3.8, 4) is 0 Å². The maximum Gasteiger partial charge on any atom is 0.181 e. The molecule has 1 aromatic heterocycles. The second kappa shape index (κ2) is 4.25. The van der Waals surface area contributed by atoms with Crippen molar-refractivity contribution in [3.63, 3.8) is 0 Å². The molecule has 0 radical (unpaired) electrons. The molecule has 1 heterocycles. The van der Waals surface area contributed by atoms with Gasteiger partial charge >= 0.3 is 0 Å². The molecule has 0 atom stereocenters. The summed E-state index contributed by atoms with van der Waals surface area (Å²) in [5.41, 5.74) is 1.53. The molecule has 0 saturated carbocycles. The highest BCUT2D eigenvalue weighted by atomic mass is 16.5. The first kappa shape index (κ1) is 9.89. The van der Waals surface area contributed by atoms with Gasteiger partial charge in [-0.3, -0.25) is 4.68 Å². The number of aliphatic hydroxyl groups is 2. The largest absolute Gasteiger partial charge is 0.364 e. The zero-order valence-corrected chi connectivity index (χ0v) is 8.11. The lowest BCUT2D eigenvalue weighted by molar-refractivity contribution is -0.0425. The first-order valence-corrected chi connectivity index (χ1v) is 4.68. The Morgan fingerprint density at radius 3 is 2.53 bits per heavy atom. The number of aromatic nitrogens is 2. The maximum atomic E-state index is 8.91. The molecule has 0 amide bonds. The molecule has 15 heavy (non-hydrogen) atoms. The molecule has 0 spiro atoms. The van der Waals surface area contributed by atoms with Gasteiger partial charge in [-0.15, -0.1) is 0 Å². The van der Waals surface area contributed by atoms with E-state index in [1.165, 1.54) is 6.20 Å². The van der Waals surface area contributed by atoms with Gasteiger partial charge in [-0.1, -0.05) is 30.3 Å². The van der Waals surface area contributed by atoms with Crippen molar-refractivity contribution < 1.29 is 10.2 Å². The molecule has 0 aliphatic heterocycles. The van der Waals surface area contributed by atoms with E-state index < -0.39 is 6.29 Å². The van der Waals surface area contributed by atoms with Gasteiger partial charge in [0.1, 0.15) is 0 Å². The number of benzene rings is 1. The monoisotopic (exact) mass is 204 g/mol. The lowest BCUT2D eigenvalue weighted by Gasteiger charge is -2.01. The van der Waals surface area contributed by atoms with Crippen LogP contribution in [0.5, 0.6) is 0 Å². The van der Waals surface area contributed by atoms with Crippen LogP contribution in [0.3, 0.4) is 0 Å². The molecule has 0 fully saturated rings. The molecule has 0 aliphatic rings. The van der Waals surface area contributed by atoms with Crippen LogP contribution >= 0.6 is 0 Å². The van der Waals surface area contributed by atoms with Gasteiger partial charge in [0.2, 0.25) is 0 Å². The summed E-state index contributed by atoms with van der Waals surface area (Å²) in [4.78, 5) is 0. The molecule has 2 N–H and O–H groups in total. The summed E-state index contributed by atoms with van der Waals surface area (Å²) >= 11 is 0. The van der Waals surface area contributed by atoms with Crippen molar-refractivity contribution >= 4 is 0 Å². The second-order valence-corrected chi connectivity index (χ2v) is 3.33. The number of hydrogen-bond acceptors (Lipinski definition) is 3. The molecular formula is C11H12N2O2. The predicted octanol–water partition coefficient (Wildman–Crippen LogP) is 0.915. The fourth-order valence-corrected chi connectivity index (χ4v) is 1.37. The van der Waals surface area contributed by atoms with E-state index in [2.05, 4.69) is 5.10 Å². The Labute approximate surface area is 87.4 Å². The zero-order chi connectivity index (χ0) is 10.7. The van der Waals surface area contributed by atoms with E-state index in [-0.39, 0.29) is 0 Å². The van der Waals surface area contributed by atoms with Crippen LogP contribution in [-0.4, -0.2) is 20.0 Å². The Kier molecular flexibility index (Phi) is 2.80. The van der Waals surface area contributed by atoms with Gasteiger partial charge in [0, 0.05) is 11.8 Å². The van der Waals surface area contributed by atoms with Crippen molar-refractivity contribution in [3.05, 3.63) is 53.9 Å². The standard InChI is InChI=1S/C11H12N2O2/c14-11(15)10-6-12-13(8-10)7-9-4-2-1-3-5-9/h1-6,8,11,14-15H,7H2. The molecule has 0 aliphatic carbocycles. The van der Waals surface area contributed by atoms with Crippen LogP contribution in [-0.2, 0) is 6.54 Å². The molecular weight excluding hydrogens is 192 g/mol. The number of nitrogens with zero attached hydrogens (tertiary/aromatic N) is 2. The summed E-state index contributed by atoms with van der Waals surface area (Å²) in [7, 11) is 0. The van der Waals surface area contributed by atoms with E-state index in [1.54, 1.807) is 10.9 Å². The van der Waals surface area contributed by atoms with E-state index in [9.17, 15) is 0 Å². The lowest BCUT2D eigenvalue weighted by atomic mass is 10.2. The van der Waals surface area contributed by atoms with Gasteiger partial charge in [0.15, 0.2) is 6.29 Å². The van der Waals surface area contributed by atoms with E-state index in [0.29, 0.717) is 12.1 Å². The minimum absolute atomic E-state index is 0.408. The van der Waals surface area contributed by atoms with Gasteiger partial charge < -0.3 is 10.2 Å². The normalized spacial score (nSPS) is 10.9. The highest BCUT2D eigenvalue weighted by Gasteiger charge is 2.05. The van der Waals surface area contributed by atoms with Crippen molar-refractivity contribution in [1.29, 1.82) is 0 Å². The Hall–Kier alpha value is -1.65. The summed E-state index contributed by atoms with van der Waals surface area (Å²) < 4.78 is 1.67. The quantitative estimate of drug-likeness (QED) is 0.731. The summed E-state index contributed by atoms with van der Waals surface area (Å²) in [6, 6.07) is 9.87. The van der Waals surface area contributed by atoms with E-state index in [4.69, 9.17) is 10.2 Å². The molecule has 4 nitrogen and oxygen atoms in total. The third kappa shape index (κ3) is 2.43. The third-order valence-corrected chi connectivity index (χ3v) is 2.14. The van der Waals surface area contributed by atoms with Gasteiger partial charge in [-0.05, 0) is 5.56 Å². The van der Waals surface area contributed by atoms with Crippen LogP contribution in [0.25, 0.3) is 0 Å². The Morgan fingerprint density at radius 1 is 1.20 bits per heavy atom. The first-order chi connectivity index (χ1) is 7.25. The third-order valence-electron chi connectivity index (χ3n) is 2.14. The summed E-state index contributed by atoms with van der Waals surface area (Å²) in [6.07, 6.45) is 1.63. The van der Waals surface area contributed by atoms with Crippen LogP contribution in [0.4, 0.5) is 0 Å². The van der Waals surface area contributed by atoms with Crippen LogP contribution in [0, 0.1) is 0 Å². The fourth-order valence-electron chi connectivity index (χ4n) is 1.37. The summed E-state index contributed by atoms with van der Waals surface area (Å²) in [6.45, 7) is 0.632. The van der Waals surface area contributed by atoms with Crippen molar-refractivity contribution in [2.24, 2.45) is 0 Å². The van der Waals surface area contributed by atoms with Gasteiger partial charge in [0.05, 0.1) is 12.7 Å². The van der Waals surface area contributed by atoms with E-state index >= 15 is 0 Å². The number of aliphatic hydroxyl groups excluding tert-OH is 1. The Morgan fingerprint density at radius 2 is 1.93 bits per heavy atom. The van der Waals surface area contributed by atoms with E-state index in [1.807, 2.05) is 30.3 Å². The Balaban J connectivity index is 2.12. The molecule has 78 valence electrons. The van der Waals surface area contributed by atoms with Crippen LogP contribution in [0.2, 0.25) is 0 Å². The molecule has 2 rings (SSSR count). The van der Waals surface area contributed by atoms with E-state index in [0.717, 1.165) is 5.56 Å². The van der Waals surface area contributed by atoms with Crippen molar-refractivity contribution in [2.45, 2.75) is 12.8 Å². The lowest BCUT2D eigenvalue weighted by Crippen LogP contribution is -1.99. The first-order valence-electron chi connectivity index (χ1n) is 4.68. The highest BCUT2D eigenvalue weighted by Crippen LogP contribution is 2.09. The molecule has 0 saturated heterocycles. The fraction of sp³-hybridized carbons (Fsp3) is 0.182. The SMILES string of the molecule is OC(O)c1cnn(Cc2ccccc2)c1. The molecule has 0 bridgehead atoms. The van der Waals surface area contributed by atoms with Gasteiger partial charge in [-0.2, -0.15) is 5.10 Å². The Bertz CT molecular complexity index is 423. The summed E-state index contributed by atoms with van der Waals surface area (Å²) in [5.74, 6) is 0. The average molecular weight is 204 g/mol. The molecule has 4 heteroatoms. The molecule has 0 unspecified atom stereocenters. The zero-order valence-electron chi connectivity index (χ0n) is 8.11. The van der Waals surface area contributed by atoms with Crippen molar-refractivity contribution in [2.75, 3.05) is 0 Å². The smallest absolute Gasteiger partial charge is 0.181 e. The van der Waals surface area contributed by atoms with Crippen LogP contribution < -0.4 is 0 Å². The number of rotatable bonds is 3. The maximum absolute atomic E-state index is 8.91. The van der Waals surface area contributed by atoms with Gasteiger partial charge in [-0.25, -0.2) is 0 Å². The topological polar surface area (TPSA) is 58.3 Å². The summed E-state index contributed by atoms with van der Waals surface area (Å²) in [5, 5.41) is 21.8. The van der Waals surface area contributed by atoms with Crippen molar-refractivity contribution in [1.82, 2.24) is 9.78 Å². The minimum atomic E-state index is -1.45. The highest BCUT2D eigenvalue weighted by molar-refractivity contribution is 5.15.